The van der Waals surface area contributed by atoms with Crippen LogP contribution >= 0.6 is 11.3 Å². The van der Waals surface area contributed by atoms with E-state index in [-0.39, 0.29) is 17.6 Å². The first-order valence-electron chi connectivity index (χ1n) is 13.6. The Hall–Kier alpha value is -2.83. The number of carbonyl (C=O) groups excluding carboxylic acids is 2. The van der Waals surface area contributed by atoms with Crippen molar-refractivity contribution in [2.75, 3.05) is 25.0 Å². The third-order valence-corrected chi connectivity index (χ3v) is 9.07. The number of likely N-dealkylation sites (tertiary alicyclic amines) is 1. The largest absolute Gasteiger partial charge is 0.301 e. The maximum Gasteiger partial charge on any atom is 0.240 e. The highest BCUT2D eigenvalue weighted by Crippen LogP contribution is 2.35. The zero-order valence-electron chi connectivity index (χ0n) is 22.2. The van der Waals surface area contributed by atoms with E-state index in [0.717, 1.165) is 65.5 Å². The van der Waals surface area contributed by atoms with Crippen molar-refractivity contribution in [3.8, 4) is 11.3 Å². The molecule has 5 rings (SSSR count). The van der Waals surface area contributed by atoms with E-state index in [1.165, 1.54) is 41.7 Å². The lowest BCUT2D eigenvalue weighted by Gasteiger charge is -2.30. The molecule has 1 aromatic heterocycles. The number of fused-ring (bicyclic) bond motifs is 1. The third kappa shape index (κ3) is 5.86. The third-order valence-electron chi connectivity index (χ3n) is 8.18. The number of hydrogen-bond acceptors (Lipinski definition) is 5. The van der Waals surface area contributed by atoms with E-state index < -0.39 is 0 Å². The molecule has 2 aromatic carbocycles. The molecular weight excluding hydrogens is 478 g/mol. The molecule has 0 radical (unpaired) electrons. The van der Waals surface area contributed by atoms with Gasteiger partial charge in [-0.05, 0) is 87.7 Å². The number of nitrogens with zero attached hydrogens (tertiary/aromatic N) is 2. The highest BCUT2D eigenvalue weighted by molar-refractivity contribution is 7.16. The molecule has 3 aromatic rings. The van der Waals surface area contributed by atoms with Crippen molar-refractivity contribution in [1.82, 2.24) is 9.88 Å². The second-order valence-electron chi connectivity index (χ2n) is 10.7. The van der Waals surface area contributed by atoms with Gasteiger partial charge >= 0.3 is 0 Å². The van der Waals surface area contributed by atoms with Crippen LogP contribution in [0.5, 0.6) is 0 Å². The molecular formula is C31H37N3O2S. The Morgan fingerprint density at radius 2 is 1.84 bits per heavy atom. The molecule has 1 unspecified atom stereocenters. The number of nitrogens with one attached hydrogen (secondary N) is 1. The van der Waals surface area contributed by atoms with Gasteiger partial charge in [0.15, 0.2) is 10.9 Å². The SMILES string of the molecule is CCC1CCN(CC(=O)Nc2nc(-c3ccc4c(c3)CCC(C(=O)c3ccccc3C)C4)c(C)s2)CC1. The first-order chi connectivity index (χ1) is 17.9. The average molecular weight is 516 g/mol. The molecule has 1 aliphatic carbocycles. The summed E-state index contributed by atoms with van der Waals surface area (Å²) in [5.41, 5.74) is 6.49. The lowest BCUT2D eigenvalue weighted by molar-refractivity contribution is -0.117. The fourth-order valence-electron chi connectivity index (χ4n) is 5.83. The van der Waals surface area contributed by atoms with Crippen LogP contribution in [0.2, 0.25) is 0 Å². The molecule has 1 aliphatic heterocycles. The minimum Gasteiger partial charge on any atom is -0.301 e. The number of anilines is 1. The molecule has 194 valence electrons. The van der Waals surface area contributed by atoms with Gasteiger partial charge in [-0.15, -0.1) is 11.3 Å². The number of amides is 1. The number of rotatable bonds is 7. The summed E-state index contributed by atoms with van der Waals surface area (Å²) in [7, 11) is 0. The first-order valence-corrected chi connectivity index (χ1v) is 14.4. The van der Waals surface area contributed by atoms with Crippen LogP contribution in [0, 0.1) is 25.7 Å². The van der Waals surface area contributed by atoms with Crippen molar-refractivity contribution in [1.29, 1.82) is 0 Å². The molecule has 1 amide bonds. The zero-order valence-corrected chi connectivity index (χ0v) is 23.0. The van der Waals surface area contributed by atoms with E-state index in [4.69, 9.17) is 4.98 Å². The number of aryl methyl sites for hydroxylation is 3. The average Bonchev–Trinajstić information content (AvgIpc) is 3.27. The van der Waals surface area contributed by atoms with Crippen LogP contribution < -0.4 is 5.32 Å². The number of piperidine rings is 1. The van der Waals surface area contributed by atoms with E-state index in [0.29, 0.717) is 11.7 Å². The molecule has 1 fully saturated rings. The van der Waals surface area contributed by atoms with E-state index in [2.05, 4.69) is 42.3 Å². The summed E-state index contributed by atoms with van der Waals surface area (Å²) in [6.07, 6.45) is 6.15. The Kier molecular flexibility index (Phi) is 7.87. The van der Waals surface area contributed by atoms with Gasteiger partial charge in [-0.1, -0.05) is 49.7 Å². The van der Waals surface area contributed by atoms with Crippen LogP contribution in [0.4, 0.5) is 5.13 Å². The number of ketones is 1. The number of hydrogen-bond donors (Lipinski definition) is 1. The van der Waals surface area contributed by atoms with E-state index >= 15 is 0 Å². The highest BCUT2D eigenvalue weighted by Gasteiger charge is 2.27. The van der Waals surface area contributed by atoms with Crippen LogP contribution in [0.1, 0.15) is 64.5 Å². The van der Waals surface area contributed by atoms with Crippen LogP contribution in [0.3, 0.4) is 0 Å². The van der Waals surface area contributed by atoms with Gasteiger partial charge in [0.25, 0.3) is 0 Å². The summed E-state index contributed by atoms with van der Waals surface area (Å²) < 4.78 is 0. The Morgan fingerprint density at radius 3 is 2.59 bits per heavy atom. The van der Waals surface area contributed by atoms with Crippen molar-refractivity contribution in [3.63, 3.8) is 0 Å². The lowest BCUT2D eigenvalue weighted by atomic mass is 9.79. The summed E-state index contributed by atoms with van der Waals surface area (Å²) in [6, 6.07) is 14.4. The zero-order chi connectivity index (χ0) is 25.9. The fraction of sp³-hybridized carbons (Fsp3) is 0.452. The Labute approximate surface area is 224 Å². The number of thiazole rings is 1. The van der Waals surface area contributed by atoms with Gasteiger partial charge < -0.3 is 5.32 Å². The fourth-order valence-corrected chi connectivity index (χ4v) is 6.68. The van der Waals surface area contributed by atoms with Crippen molar-refractivity contribution in [2.24, 2.45) is 11.8 Å². The molecule has 1 N–H and O–H groups in total. The smallest absolute Gasteiger partial charge is 0.240 e. The Morgan fingerprint density at radius 1 is 1.05 bits per heavy atom. The van der Waals surface area contributed by atoms with Gasteiger partial charge in [-0.3, -0.25) is 14.5 Å². The van der Waals surface area contributed by atoms with Gasteiger partial charge in [-0.2, -0.15) is 0 Å². The minimum absolute atomic E-state index is 0.0186. The summed E-state index contributed by atoms with van der Waals surface area (Å²) in [5, 5.41) is 3.70. The Balaban J connectivity index is 1.23. The van der Waals surface area contributed by atoms with Crippen molar-refractivity contribution < 1.29 is 9.59 Å². The highest BCUT2D eigenvalue weighted by atomic mass is 32.1. The van der Waals surface area contributed by atoms with Crippen molar-refractivity contribution in [3.05, 3.63) is 69.6 Å². The second-order valence-corrected chi connectivity index (χ2v) is 11.9. The number of carbonyl (C=O) groups is 2. The summed E-state index contributed by atoms with van der Waals surface area (Å²) in [5.74, 6) is 1.12. The molecule has 5 nitrogen and oxygen atoms in total. The molecule has 2 heterocycles. The summed E-state index contributed by atoms with van der Waals surface area (Å²) in [4.78, 5) is 34.0. The maximum atomic E-state index is 13.2. The van der Waals surface area contributed by atoms with Crippen molar-refractivity contribution in [2.45, 2.75) is 59.3 Å². The van der Waals surface area contributed by atoms with Gasteiger partial charge in [0.05, 0.1) is 12.2 Å². The molecule has 1 saturated heterocycles. The van der Waals surface area contributed by atoms with Gasteiger partial charge in [0, 0.05) is 21.9 Å². The quantitative estimate of drug-likeness (QED) is 0.366. The molecule has 2 aliphatic rings. The van der Waals surface area contributed by atoms with Crippen LogP contribution in [-0.2, 0) is 17.6 Å². The van der Waals surface area contributed by atoms with Gasteiger partial charge in [0.1, 0.15) is 0 Å². The summed E-state index contributed by atoms with van der Waals surface area (Å²) in [6.45, 7) is 8.77. The predicted molar refractivity (Wildman–Crippen MR) is 151 cm³/mol. The molecule has 6 heteroatoms. The second kappa shape index (κ2) is 11.3. The standard InChI is InChI=1S/C31H37N3O2S/c1-4-22-13-15-34(16-14-22)19-28(35)32-31-33-29(21(3)37-31)25-11-9-24-18-26(12-10-23(24)17-25)30(36)27-8-6-5-7-20(27)2/h5-9,11,17,22,26H,4,10,12-16,18-19H2,1-3H3,(H,32,33,35). The molecule has 1 atom stereocenters. The normalized spacial score (nSPS) is 18.4. The van der Waals surface area contributed by atoms with Crippen LogP contribution in [-0.4, -0.2) is 41.2 Å². The molecule has 0 saturated carbocycles. The molecule has 0 spiro atoms. The molecule has 0 bridgehead atoms. The molecule has 37 heavy (non-hydrogen) atoms. The first kappa shape index (κ1) is 25.8. The van der Waals surface area contributed by atoms with Gasteiger partial charge in [-0.25, -0.2) is 4.98 Å². The minimum atomic E-state index is 0.0186. The predicted octanol–water partition coefficient (Wildman–Crippen LogP) is 6.48. The number of aromatic nitrogens is 1. The van der Waals surface area contributed by atoms with Crippen LogP contribution in [0.25, 0.3) is 11.3 Å². The van der Waals surface area contributed by atoms with Crippen LogP contribution in [0.15, 0.2) is 42.5 Å². The van der Waals surface area contributed by atoms with E-state index in [9.17, 15) is 9.59 Å². The monoisotopic (exact) mass is 515 g/mol. The van der Waals surface area contributed by atoms with Crippen molar-refractivity contribution >= 4 is 28.2 Å². The number of benzene rings is 2. The summed E-state index contributed by atoms with van der Waals surface area (Å²) >= 11 is 1.54. The number of Topliss-reactive ketones (excluding diaryl/α,β-unsaturated/α-hetero) is 1. The van der Waals surface area contributed by atoms with E-state index in [1.807, 2.05) is 31.2 Å². The topological polar surface area (TPSA) is 62.3 Å². The van der Waals surface area contributed by atoms with Gasteiger partial charge in [0.2, 0.25) is 5.91 Å². The lowest BCUT2D eigenvalue weighted by Crippen LogP contribution is -2.39. The van der Waals surface area contributed by atoms with E-state index in [1.54, 1.807) is 0 Å². The Bertz CT molecular complexity index is 1290. The maximum absolute atomic E-state index is 13.2.